The average molecular weight is 525 g/mol. The van der Waals surface area contributed by atoms with E-state index in [4.69, 9.17) is 14.7 Å². The van der Waals surface area contributed by atoms with Gasteiger partial charge >= 0.3 is 6.09 Å². The van der Waals surface area contributed by atoms with E-state index in [1.807, 2.05) is 19.1 Å². The van der Waals surface area contributed by atoms with Gasteiger partial charge in [0.2, 0.25) is 0 Å². The Morgan fingerprint density at radius 1 is 1.08 bits per heavy atom. The van der Waals surface area contributed by atoms with Gasteiger partial charge in [0.05, 0.1) is 12.6 Å². The topological polar surface area (TPSA) is 108 Å². The maximum Gasteiger partial charge on any atom is 0.410 e. The molecule has 0 aromatic heterocycles. The summed E-state index contributed by atoms with van der Waals surface area (Å²) in [6.45, 7) is 9.84. The van der Waals surface area contributed by atoms with Crippen LogP contribution in [0.2, 0.25) is 5.04 Å². The molecule has 1 heterocycles. The van der Waals surface area contributed by atoms with Crippen LogP contribution in [0.3, 0.4) is 0 Å². The highest BCUT2D eigenvalue weighted by Crippen LogP contribution is 2.38. The summed E-state index contributed by atoms with van der Waals surface area (Å²) >= 11 is 0. The molecule has 0 spiro atoms. The van der Waals surface area contributed by atoms with Crippen molar-refractivity contribution in [2.24, 2.45) is 5.11 Å². The van der Waals surface area contributed by atoms with Crippen molar-refractivity contribution in [3.8, 4) is 0 Å². The number of cyclic esters (lactones) is 1. The normalized spacial score (nSPS) is 20.0. The van der Waals surface area contributed by atoms with Crippen molar-refractivity contribution in [3.63, 3.8) is 0 Å². The molecule has 2 aromatic rings. The van der Waals surface area contributed by atoms with Crippen LogP contribution >= 0.6 is 0 Å². The lowest BCUT2D eigenvalue weighted by atomic mass is 9.91. The number of carbonyl (C=O) groups is 1. The second-order valence-corrected chi connectivity index (χ2v) is 15.2. The monoisotopic (exact) mass is 524 g/mol. The van der Waals surface area contributed by atoms with Crippen LogP contribution in [0.15, 0.2) is 65.8 Å². The molecule has 3 rings (SSSR count). The minimum absolute atomic E-state index is 0.112. The van der Waals surface area contributed by atoms with E-state index in [0.29, 0.717) is 45.4 Å². The first-order valence-electron chi connectivity index (χ1n) is 13.1. The highest BCUT2D eigenvalue weighted by atomic mass is 28.4. The van der Waals surface area contributed by atoms with Crippen LogP contribution < -0.4 is 10.4 Å². The first kappa shape index (κ1) is 28.7. The van der Waals surface area contributed by atoms with Gasteiger partial charge < -0.3 is 14.3 Å². The second-order valence-electron chi connectivity index (χ2n) is 10.8. The van der Waals surface area contributed by atoms with Crippen molar-refractivity contribution in [1.82, 2.24) is 4.90 Å². The summed E-state index contributed by atoms with van der Waals surface area (Å²) in [6, 6.07) is 20.6. The molecule has 2 aromatic carbocycles. The maximum absolute atomic E-state index is 12.7. The number of unbranched alkanes of at least 4 members (excludes halogenated alkanes) is 1. The molecule has 0 saturated carbocycles. The fourth-order valence-corrected chi connectivity index (χ4v) is 10.1. The van der Waals surface area contributed by atoms with Crippen molar-refractivity contribution < 1.29 is 19.1 Å². The Bertz CT molecular complexity index is 1020. The van der Waals surface area contributed by atoms with Gasteiger partial charge in [0, 0.05) is 24.6 Å². The molecule has 0 unspecified atom stereocenters. The van der Waals surface area contributed by atoms with Crippen LogP contribution in [-0.4, -0.2) is 62.4 Å². The van der Waals surface area contributed by atoms with Crippen molar-refractivity contribution in [1.29, 1.82) is 0 Å². The number of carbonyl (C=O) groups excluding carboxylic acids is 1. The van der Waals surface area contributed by atoms with Gasteiger partial charge in [-0.25, -0.2) is 4.79 Å². The Morgan fingerprint density at radius 2 is 1.68 bits per heavy atom. The molecule has 1 N–H and O–H groups in total. The van der Waals surface area contributed by atoms with E-state index in [2.05, 4.69) is 79.3 Å². The van der Waals surface area contributed by atoms with Gasteiger partial charge in [-0.05, 0) is 53.5 Å². The molecule has 37 heavy (non-hydrogen) atoms. The highest BCUT2D eigenvalue weighted by Gasteiger charge is 2.51. The van der Waals surface area contributed by atoms with Gasteiger partial charge in [0.15, 0.2) is 0 Å². The van der Waals surface area contributed by atoms with Crippen LogP contribution in [0.25, 0.3) is 10.4 Å². The van der Waals surface area contributed by atoms with E-state index in [1.54, 1.807) is 4.90 Å². The van der Waals surface area contributed by atoms with Gasteiger partial charge in [-0.2, -0.15) is 0 Å². The second kappa shape index (κ2) is 12.6. The lowest BCUT2D eigenvalue weighted by Gasteiger charge is -2.43. The van der Waals surface area contributed by atoms with Crippen molar-refractivity contribution in [3.05, 3.63) is 71.1 Å². The Hall–Kier alpha value is -2.84. The average Bonchev–Trinajstić information content (AvgIpc) is 3.12. The van der Waals surface area contributed by atoms with Crippen LogP contribution in [0.4, 0.5) is 4.79 Å². The van der Waals surface area contributed by atoms with Crippen molar-refractivity contribution >= 4 is 24.8 Å². The Labute approximate surface area is 221 Å². The van der Waals surface area contributed by atoms with E-state index in [1.165, 1.54) is 10.4 Å². The van der Waals surface area contributed by atoms with Gasteiger partial charge in [0.25, 0.3) is 8.32 Å². The first-order chi connectivity index (χ1) is 17.7. The largest absolute Gasteiger partial charge is 0.441 e. The van der Waals surface area contributed by atoms with Crippen molar-refractivity contribution in [2.75, 3.05) is 26.3 Å². The number of azide groups is 1. The quantitative estimate of drug-likeness (QED) is 0.131. The number of benzene rings is 2. The standard InChI is InChI=1S/C28H40N4O4Si/c1-27(2,3)37(23-14-7-5-8-15-23,24-16-9-6-10-17-24)35-21-13-18-28(4)25(22-33)32(26(34)36-28)20-12-11-19-30-31-29/h5-10,14-17,25,33H,11-13,18-22H2,1-4H3/t25-,28+/m1/s1. The molecule has 1 saturated heterocycles. The van der Waals surface area contributed by atoms with E-state index in [0.717, 1.165) is 0 Å². The molecule has 9 heteroatoms. The molecule has 200 valence electrons. The zero-order chi connectivity index (χ0) is 26.9. The maximum atomic E-state index is 12.7. The number of amides is 1. The van der Waals surface area contributed by atoms with E-state index < -0.39 is 26.1 Å². The summed E-state index contributed by atoms with van der Waals surface area (Å²) in [6.07, 6.45) is 2.22. The van der Waals surface area contributed by atoms with E-state index in [9.17, 15) is 9.90 Å². The van der Waals surface area contributed by atoms with Crippen LogP contribution in [-0.2, 0) is 9.16 Å². The number of rotatable bonds is 13. The summed E-state index contributed by atoms with van der Waals surface area (Å²) < 4.78 is 12.8. The number of hydrogen-bond donors (Lipinski definition) is 1. The van der Waals surface area contributed by atoms with Gasteiger partial charge in [0.1, 0.15) is 5.60 Å². The number of ether oxygens (including phenoxy) is 1. The lowest BCUT2D eigenvalue weighted by molar-refractivity contribution is 0.0206. The molecular formula is C28H40N4O4Si. The zero-order valence-corrected chi connectivity index (χ0v) is 23.5. The fourth-order valence-electron chi connectivity index (χ4n) is 5.46. The minimum Gasteiger partial charge on any atom is -0.441 e. The summed E-state index contributed by atoms with van der Waals surface area (Å²) in [4.78, 5) is 17.0. The summed E-state index contributed by atoms with van der Waals surface area (Å²) in [5.74, 6) is 0. The Balaban J connectivity index is 1.73. The van der Waals surface area contributed by atoms with E-state index in [-0.39, 0.29) is 11.6 Å². The van der Waals surface area contributed by atoms with Gasteiger partial charge in [-0.15, -0.1) is 0 Å². The fraction of sp³-hybridized carbons (Fsp3) is 0.536. The van der Waals surface area contributed by atoms with E-state index >= 15 is 0 Å². The lowest BCUT2D eigenvalue weighted by Crippen LogP contribution is -2.66. The van der Waals surface area contributed by atoms with Crippen LogP contribution in [0, 0.1) is 0 Å². The Kier molecular flexibility index (Phi) is 9.78. The SMILES string of the molecule is CC(C)(C)[Si](OCCC[C@]1(C)OC(=O)N(CCCCN=[N+]=[N-])[C@@H]1CO)(c1ccccc1)c1ccccc1. The number of aliphatic hydroxyl groups is 1. The molecule has 1 fully saturated rings. The van der Waals surface area contributed by atoms with Crippen LogP contribution in [0.1, 0.15) is 53.4 Å². The molecule has 1 aliphatic heterocycles. The summed E-state index contributed by atoms with van der Waals surface area (Å²) in [7, 11) is -2.63. The van der Waals surface area contributed by atoms with Gasteiger partial charge in [-0.1, -0.05) is 86.5 Å². The summed E-state index contributed by atoms with van der Waals surface area (Å²) in [5, 5.41) is 16.0. The smallest absolute Gasteiger partial charge is 0.410 e. The third kappa shape index (κ3) is 6.36. The minimum atomic E-state index is -2.63. The number of aliphatic hydroxyl groups excluding tert-OH is 1. The van der Waals surface area contributed by atoms with Gasteiger partial charge in [-0.3, -0.25) is 4.90 Å². The van der Waals surface area contributed by atoms with Crippen LogP contribution in [0.5, 0.6) is 0 Å². The molecule has 0 radical (unpaired) electrons. The molecule has 1 amide bonds. The molecule has 2 atom stereocenters. The predicted molar refractivity (Wildman–Crippen MR) is 149 cm³/mol. The summed E-state index contributed by atoms with van der Waals surface area (Å²) in [5.41, 5.74) is 7.63. The van der Waals surface area contributed by atoms with Crippen molar-refractivity contribution in [2.45, 2.75) is 70.1 Å². The zero-order valence-electron chi connectivity index (χ0n) is 22.5. The Morgan fingerprint density at radius 3 is 2.19 bits per heavy atom. The third-order valence-corrected chi connectivity index (χ3v) is 12.4. The molecular weight excluding hydrogens is 484 g/mol. The third-order valence-electron chi connectivity index (χ3n) is 7.33. The molecule has 8 nitrogen and oxygen atoms in total. The number of nitrogens with zero attached hydrogens (tertiary/aromatic N) is 4. The number of hydrogen-bond acceptors (Lipinski definition) is 5. The molecule has 1 aliphatic rings. The highest BCUT2D eigenvalue weighted by molar-refractivity contribution is 6.99. The molecule has 0 aliphatic carbocycles. The molecule has 0 bridgehead atoms. The predicted octanol–water partition coefficient (Wildman–Crippen LogP) is 5.01. The first-order valence-corrected chi connectivity index (χ1v) is 15.0.